The van der Waals surface area contributed by atoms with E-state index >= 15 is 0 Å². The zero-order valence-electron chi connectivity index (χ0n) is 30.2. The number of carbonyl (C=O) groups is 1. The van der Waals surface area contributed by atoms with Crippen molar-refractivity contribution in [2.45, 2.75) is 53.4 Å². The van der Waals surface area contributed by atoms with Crippen molar-refractivity contribution in [1.82, 2.24) is 30.2 Å². The lowest BCUT2D eigenvalue weighted by Crippen LogP contribution is -2.44. The molecule has 1 unspecified atom stereocenters. The van der Waals surface area contributed by atoms with Crippen LogP contribution in [0.15, 0.2) is 54.0 Å². The Morgan fingerprint density at radius 3 is 1.98 bits per heavy atom. The van der Waals surface area contributed by atoms with E-state index in [1.165, 1.54) is 5.57 Å². The number of amides is 1. The molecule has 8 rings (SSSR count). The van der Waals surface area contributed by atoms with Crippen molar-refractivity contribution in [1.29, 1.82) is 0 Å². The number of fused-ring (bicyclic) bond motifs is 6. The third-order valence-corrected chi connectivity index (χ3v) is 10.4. The van der Waals surface area contributed by atoms with Crippen LogP contribution in [0.3, 0.4) is 0 Å². The van der Waals surface area contributed by atoms with Crippen molar-refractivity contribution in [2.75, 3.05) is 32.7 Å². The molecule has 276 valence electrons. The van der Waals surface area contributed by atoms with Crippen LogP contribution in [-0.4, -0.2) is 87.8 Å². The van der Waals surface area contributed by atoms with E-state index in [1.807, 2.05) is 42.3 Å². The standard InChI is InChI=1S/C19H24BN3O3.C15H18BN3O2.C2H5NO.BrH/c1-3-4-17(24)23-8-6-12(2)15(11-23)14-9-20(25)26-16-10-22-19-13(18(14)16)5-7-21-19;1-9-2-4-17-7-12(9)11-6-16(20)21-13-8-19-15-10(14(11)13)3-5-18-15;1-2-3-4;/h5,7,9-10,12,15,25H,3-4,6,8,11H2,1-2H3,(H,21,22);3,5-6,8-9,12,17,20H,2,4,7H2,1H3,(H,18,19);2H2,1H3;1H/t12-,15?;9-,12+;;/m01../s1. The number of aromatic nitrogens is 4. The molecule has 2 saturated heterocycles. The summed E-state index contributed by atoms with van der Waals surface area (Å²) >= 11 is 0. The smallest absolute Gasteiger partial charge is 0.531 e. The predicted octanol–water partition coefficient (Wildman–Crippen LogP) is 5.60. The van der Waals surface area contributed by atoms with Gasteiger partial charge in [0.1, 0.15) is 22.8 Å². The summed E-state index contributed by atoms with van der Waals surface area (Å²) in [5, 5.41) is 28.2. The number of pyridine rings is 2. The van der Waals surface area contributed by atoms with Gasteiger partial charge >= 0.3 is 14.2 Å². The molecule has 1 amide bonds. The average molecular weight is 776 g/mol. The number of likely N-dealkylation sites (tertiary alicyclic amines) is 1. The third kappa shape index (κ3) is 8.30. The fraction of sp³-hybridized carbons (Fsp3) is 0.472. The highest BCUT2D eigenvalue weighted by Crippen LogP contribution is 2.44. The third-order valence-electron chi connectivity index (χ3n) is 10.4. The lowest BCUT2D eigenvalue weighted by Gasteiger charge is -2.40. The van der Waals surface area contributed by atoms with E-state index in [4.69, 9.17) is 14.2 Å². The van der Waals surface area contributed by atoms with Crippen LogP contribution in [0.25, 0.3) is 33.2 Å². The van der Waals surface area contributed by atoms with Crippen LogP contribution in [0, 0.1) is 28.6 Å². The molecular weight excluding hydrogens is 728 g/mol. The van der Waals surface area contributed by atoms with Gasteiger partial charge in [-0.15, -0.1) is 17.0 Å². The van der Waals surface area contributed by atoms with Crippen LogP contribution < -0.4 is 14.6 Å². The molecule has 0 saturated carbocycles. The maximum atomic E-state index is 12.4. The van der Waals surface area contributed by atoms with Crippen molar-refractivity contribution in [3.63, 3.8) is 0 Å². The number of nitrogens with zero attached hydrogens (tertiary/aromatic N) is 4. The van der Waals surface area contributed by atoms with Gasteiger partial charge in [-0.3, -0.25) is 4.79 Å². The van der Waals surface area contributed by atoms with Gasteiger partial charge < -0.3 is 39.5 Å². The Bertz CT molecular complexity index is 1920. The number of carbonyl (C=O) groups excluding carboxylic acids is 1. The van der Waals surface area contributed by atoms with Crippen LogP contribution in [0.2, 0.25) is 0 Å². The summed E-state index contributed by atoms with van der Waals surface area (Å²) in [6.45, 7) is 12.1. The van der Waals surface area contributed by atoms with Gasteiger partial charge in [0.15, 0.2) is 0 Å². The van der Waals surface area contributed by atoms with Crippen molar-refractivity contribution in [3.05, 3.63) is 64.9 Å². The summed E-state index contributed by atoms with van der Waals surface area (Å²) in [7, 11) is -1.87. The van der Waals surface area contributed by atoms with Gasteiger partial charge in [0.05, 0.1) is 18.9 Å². The fourth-order valence-electron chi connectivity index (χ4n) is 7.65. The van der Waals surface area contributed by atoms with E-state index in [9.17, 15) is 14.8 Å². The zero-order chi connectivity index (χ0) is 36.1. The second kappa shape index (κ2) is 17.7. The Morgan fingerprint density at radius 2 is 1.46 bits per heavy atom. The summed E-state index contributed by atoms with van der Waals surface area (Å²) in [5.74, 6) is 6.70. The van der Waals surface area contributed by atoms with E-state index in [2.05, 4.69) is 44.3 Å². The first-order chi connectivity index (χ1) is 24.7. The Kier molecular flexibility index (Phi) is 13.3. The number of H-pyrrole nitrogens is 2. The molecule has 0 radical (unpaired) electrons. The van der Waals surface area contributed by atoms with Gasteiger partial charge in [-0.25, -0.2) is 9.97 Å². The molecule has 4 aliphatic heterocycles. The van der Waals surface area contributed by atoms with Gasteiger partial charge in [0.2, 0.25) is 5.91 Å². The molecule has 4 atom stereocenters. The van der Waals surface area contributed by atoms with Gasteiger partial charge in [-0.1, -0.05) is 25.9 Å². The summed E-state index contributed by atoms with van der Waals surface area (Å²) in [6.07, 6.45) is 10.7. The molecule has 4 aliphatic rings. The minimum absolute atomic E-state index is 0. The number of nitrogens with one attached hydrogen (secondary N) is 3. The molecule has 4 aromatic heterocycles. The maximum absolute atomic E-state index is 12.4. The lowest BCUT2D eigenvalue weighted by molar-refractivity contribution is -0.133. The quantitative estimate of drug-likeness (QED) is 0.128. The van der Waals surface area contributed by atoms with Crippen molar-refractivity contribution in [2.24, 2.45) is 28.8 Å². The molecular formula is C36H48B2BrN7O6. The second-order valence-electron chi connectivity index (χ2n) is 13.7. The molecule has 5 N–H and O–H groups in total. The Balaban J connectivity index is 0.000000182. The fourth-order valence-corrected chi connectivity index (χ4v) is 7.65. The highest BCUT2D eigenvalue weighted by atomic mass is 79.9. The number of aromatic amines is 2. The van der Waals surface area contributed by atoms with Crippen molar-refractivity contribution >= 4 is 70.3 Å². The second-order valence-corrected chi connectivity index (χ2v) is 13.7. The first-order valence-corrected chi connectivity index (χ1v) is 18.1. The monoisotopic (exact) mass is 775 g/mol. The molecule has 13 nitrogen and oxygen atoms in total. The topological polar surface area (TPSA) is 178 Å². The van der Waals surface area contributed by atoms with E-state index in [0.717, 1.165) is 77.7 Å². The highest BCUT2D eigenvalue weighted by molar-refractivity contribution is 8.93. The lowest BCUT2D eigenvalue weighted by atomic mass is 9.71. The number of rotatable bonds is 5. The van der Waals surface area contributed by atoms with Gasteiger partial charge in [0.25, 0.3) is 0 Å². The van der Waals surface area contributed by atoms with E-state index in [0.29, 0.717) is 48.8 Å². The summed E-state index contributed by atoms with van der Waals surface area (Å²) in [4.78, 5) is 38.3. The number of halogens is 1. The number of piperidine rings is 2. The maximum Gasteiger partial charge on any atom is 0.552 e. The van der Waals surface area contributed by atoms with Crippen LogP contribution >= 0.6 is 17.0 Å². The summed E-state index contributed by atoms with van der Waals surface area (Å²) < 4.78 is 11.1. The summed E-state index contributed by atoms with van der Waals surface area (Å²) in [5.41, 5.74) is 5.96. The van der Waals surface area contributed by atoms with Gasteiger partial charge in [-0.2, -0.15) is 4.91 Å². The van der Waals surface area contributed by atoms with Crippen LogP contribution in [-0.2, 0) is 4.79 Å². The average Bonchev–Trinajstić information content (AvgIpc) is 3.82. The molecule has 16 heteroatoms. The van der Waals surface area contributed by atoms with Crippen molar-refractivity contribution in [3.8, 4) is 11.5 Å². The summed E-state index contributed by atoms with van der Waals surface area (Å²) in [6, 6.07) is 4.01. The van der Waals surface area contributed by atoms with E-state index < -0.39 is 14.2 Å². The number of hydrogen-bond donors (Lipinski definition) is 5. The normalized spacial score (nSPS) is 22.2. The van der Waals surface area contributed by atoms with Crippen LogP contribution in [0.4, 0.5) is 0 Å². The molecule has 52 heavy (non-hydrogen) atoms. The molecule has 8 heterocycles. The Hall–Kier alpha value is -3.98. The first-order valence-electron chi connectivity index (χ1n) is 18.1. The molecule has 4 aromatic rings. The van der Waals surface area contributed by atoms with Gasteiger partial charge in [0, 0.05) is 66.3 Å². The largest absolute Gasteiger partial charge is 0.552 e. The van der Waals surface area contributed by atoms with E-state index in [1.54, 1.807) is 25.3 Å². The minimum Gasteiger partial charge on any atom is -0.531 e. The molecule has 0 aromatic carbocycles. The van der Waals surface area contributed by atoms with Gasteiger partial charge in [-0.05, 0) is 85.7 Å². The highest BCUT2D eigenvalue weighted by Gasteiger charge is 2.37. The molecule has 0 spiro atoms. The molecule has 2 fully saturated rings. The zero-order valence-corrected chi connectivity index (χ0v) is 31.9. The number of hydrogen-bond acceptors (Lipinski definition) is 10. The molecule has 0 aliphatic carbocycles. The van der Waals surface area contributed by atoms with Crippen LogP contribution in [0.1, 0.15) is 64.5 Å². The number of nitroso groups, excluding NO2 is 1. The van der Waals surface area contributed by atoms with Crippen LogP contribution in [0.5, 0.6) is 11.5 Å². The van der Waals surface area contributed by atoms with Crippen molar-refractivity contribution < 1.29 is 24.2 Å². The Labute approximate surface area is 315 Å². The first kappa shape index (κ1) is 39.2. The van der Waals surface area contributed by atoms with E-state index in [-0.39, 0.29) is 28.8 Å². The minimum atomic E-state index is -0.982. The SMILES string of the molecule is Br.CCCC(=O)N1CC[C@H](C)C(C2=CB(O)Oc3cnc4[nH]ccc4c32)C1.CCN=O.C[C@@H]1CCNC[C@@H]1C1=CB(O)Oc2cnc3[nH]ccc3c21. The predicted molar refractivity (Wildman–Crippen MR) is 211 cm³/mol. The molecule has 0 bridgehead atoms. The Morgan fingerprint density at radius 1 is 0.923 bits per heavy atom.